The van der Waals surface area contributed by atoms with Crippen molar-refractivity contribution in [3.63, 3.8) is 0 Å². The molecule has 4 rings (SSSR count). The van der Waals surface area contributed by atoms with Crippen molar-refractivity contribution in [3.8, 4) is 11.8 Å². The highest BCUT2D eigenvalue weighted by Crippen LogP contribution is 2.38. The number of carbonyl (C=O) groups is 1. The number of aryl methyl sites for hydroxylation is 2. The van der Waals surface area contributed by atoms with E-state index in [1.165, 1.54) is 0 Å². The van der Waals surface area contributed by atoms with Gasteiger partial charge in [-0.05, 0) is 87.1 Å². The molecule has 30 heavy (non-hydrogen) atoms. The summed E-state index contributed by atoms with van der Waals surface area (Å²) >= 11 is 0. The van der Waals surface area contributed by atoms with Crippen molar-refractivity contribution in [2.45, 2.75) is 51.6 Å². The van der Waals surface area contributed by atoms with E-state index in [9.17, 15) is 4.79 Å². The van der Waals surface area contributed by atoms with Crippen LogP contribution in [0.1, 0.15) is 58.3 Å². The standard InChI is InChI=1S/C25H28N4O/c1-16-15-23(25(30)29-21-9-10-22(29)12-11-21)17(2)14-19(16)4-3-13-28-20-7-5-18(6-8-20)24(26)27/h5-8,14-15,21-22,28H,9-13H2,1-2H3,(H3,26,27). The number of hydrogen-bond donors (Lipinski definition) is 3. The van der Waals surface area contributed by atoms with E-state index in [0.717, 1.165) is 53.6 Å². The minimum Gasteiger partial charge on any atom is -0.384 e. The van der Waals surface area contributed by atoms with Gasteiger partial charge in [0.05, 0.1) is 6.54 Å². The normalized spacial score (nSPS) is 19.3. The van der Waals surface area contributed by atoms with Crippen molar-refractivity contribution >= 4 is 17.4 Å². The molecule has 2 aliphatic rings. The van der Waals surface area contributed by atoms with Gasteiger partial charge in [0.25, 0.3) is 5.91 Å². The van der Waals surface area contributed by atoms with Crippen molar-refractivity contribution in [3.05, 3.63) is 64.2 Å². The first kappa shape index (κ1) is 20.0. The molecule has 5 heteroatoms. The average Bonchev–Trinajstić information content (AvgIpc) is 3.33. The molecule has 0 atom stereocenters. The SMILES string of the molecule is Cc1cc(C(=O)N2C3CCC2CC3)c(C)cc1C#CCNc1ccc(C(=N)N)cc1. The Bertz CT molecular complexity index is 1030. The van der Waals surface area contributed by atoms with E-state index < -0.39 is 0 Å². The van der Waals surface area contributed by atoms with E-state index in [4.69, 9.17) is 11.1 Å². The molecule has 0 saturated carbocycles. The van der Waals surface area contributed by atoms with Gasteiger partial charge in [0, 0.05) is 34.5 Å². The molecule has 2 fully saturated rings. The van der Waals surface area contributed by atoms with Gasteiger partial charge in [-0.15, -0.1) is 0 Å². The highest BCUT2D eigenvalue weighted by molar-refractivity contribution is 5.97. The molecular weight excluding hydrogens is 372 g/mol. The Kier molecular flexibility index (Phi) is 5.50. The largest absolute Gasteiger partial charge is 0.384 e. The second-order valence-electron chi connectivity index (χ2n) is 8.30. The lowest BCUT2D eigenvalue weighted by atomic mass is 9.99. The number of amidine groups is 1. The van der Waals surface area contributed by atoms with Gasteiger partial charge >= 0.3 is 0 Å². The number of amides is 1. The molecule has 0 radical (unpaired) electrons. The van der Waals surface area contributed by atoms with Crippen LogP contribution < -0.4 is 11.1 Å². The maximum atomic E-state index is 13.1. The fourth-order valence-corrected chi connectivity index (χ4v) is 4.62. The zero-order chi connectivity index (χ0) is 21.3. The molecule has 1 amide bonds. The Morgan fingerprint density at radius 2 is 1.73 bits per heavy atom. The molecule has 154 valence electrons. The molecule has 4 N–H and O–H groups in total. The van der Waals surface area contributed by atoms with Gasteiger partial charge in [0.1, 0.15) is 5.84 Å². The second-order valence-corrected chi connectivity index (χ2v) is 8.30. The van der Waals surface area contributed by atoms with E-state index in [1.807, 2.05) is 50.2 Å². The third-order valence-electron chi connectivity index (χ3n) is 6.29. The lowest BCUT2D eigenvalue weighted by Gasteiger charge is -2.23. The lowest BCUT2D eigenvalue weighted by Crippen LogP contribution is -2.35. The van der Waals surface area contributed by atoms with Gasteiger partial charge in [-0.3, -0.25) is 10.2 Å². The molecule has 0 unspecified atom stereocenters. The number of anilines is 1. The van der Waals surface area contributed by atoms with Gasteiger partial charge < -0.3 is 16.0 Å². The van der Waals surface area contributed by atoms with Crippen LogP contribution in [-0.2, 0) is 0 Å². The van der Waals surface area contributed by atoms with Crippen molar-refractivity contribution < 1.29 is 4.79 Å². The van der Waals surface area contributed by atoms with Crippen LogP contribution in [-0.4, -0.2) is 35.3 Å². The quantitative estimate of drug-likeness (QED) is 0.415. The number of nitrogens with two attached hydrogens (primary N) is 1. The second kappa shape index (κ2) is 8.23. The number of fused-ring (bicyclic) bond motifs is 2. The molecule has 0 aromatic heterocycles. The molecule has 2 aliphatic heterocycles. The van der Waals surface area contributed by atoms with Gasteiger partial charge in [-0.2, -0.15) is 0 Å². The van der Waals surface area contributed by atoms with Crippen molar-refractivity contribution in [2.75, 3.05) is 11.9 Å². The zero-order valence-electron chi connectivity index (χ0n) is 17.6. The van der Waals surface area contributed by atoms with Crippen LogP contribution in [0.5, 0.6) is 0 Å². The number of hydrogen-bond acceptors (Lipinski definition) is 3. The van der Waals surface area contributed by atoms with Crippen LogP contribution in [0.15, 0.2) is 36.4 Å². The number of nitrogen functional groups attached to an aromatic ring is 1. The van der Waals surface area contributed by atoms with Crippen LogP contribution in [0.2, 0.25) is 0 Å². The molecule has 2 aromatic rings. The van der Waals surface area contributed by atoms with Gasteiger partial charge in [0.15, 0.2) is 0 Å². The molecule has 0 spiro atoms. The number of rotatable bonds is 4. The predicted molar refractivity (Wildman–Crippen MR) is 121 cm³/mol. The Hall–Kier alpha value is -3.26. The molecule has 2 aromatic carbocycles. The summed E-state index contributed by atoms with van der Waals surface area (Å²) in [5, 5.41) is 10.7. The highest BCUT2D eigenvalue weighted by Gasteiger charge is 2.42. The smallest absolute Gasteiger partial charge is 0.254 e. The fraction of sp³-hybridized carbons (Fsp3) is 0.360. The minimum absolute atomic E-state index is 0.0616. The summed E-state index contributed by atoms with van der Waals surface area (Å²) in [6.07, 6.45) is 4.62. The summed E-state index contributed by atoms with van der Waals surface area (Å²) in [4.78, 5) is 15.3. The molecule has 0 aliphatic carbocycles. The minimum atomic E-state index is 0.0616. The number of nitrogens with zero attached hydrogens (tertiary/aromatic N) is 1. The van der Waals surface area contributed by atoms with Crippen LogP contribution in [0.25, 0.3) is 0 Å². The van der Waals surface area contributed by atoms with Crippen molar-refractivity contribution in [1.82, 2.24) is 4.90 Å². The summed E-state index contributed by atoms with van der Waals surface area (Å²) in [5.74, 6) is 6.64. The van der Waals surface area contributed by atoms with E-state index >= 15 is 0 Å². The molecule has 5 nitrogen and oxygen atoms in total. The van der Waals surface area contributed by atoms with E-state index in [0.29, 0.717) is 24.2 Å². The first-order valence-electron chi connectivity index (χ1n) is 10.5. The zero-order valence-corrected chi connectivity index (χ0v) is 17.6. The van der Waals surface area contributed by atoms with Gasteiger partial charge in [-0.1, -0.05) is 11.8 Å². The van der Waals surface area contributed by atoms with Crippen LogP contribution in [0.3, 0.4) is 0 Å². The molecule has 2 saturated heterocycles. The summed E-state index contributed by atoms with van der Waals surface area (Å²) in [6, 6.07) is 12.3. The van der Waals surface area contributed by atoms with Crippen LogP contribution in [0.4, 0.5) is 5.69 Å². The maximum Gasteiger partial charge on any atom is 0.254 e. The van der Waals surface area contributed by atoms with E-state index in [1.54, 1.807) is 0 Å². The Balaban J connectivity index is 1.43. The predicted octanol–water partition coefficient (Wildman–Crippen LogP) is 3.82. The lowest BCUT2D eigenvalue weighted by molar-refractivity contribution is 0.0729. The van der Waals surface area contributed by atoms with Crippen LogP contribution >= 0.6 is 0 Å². The third-order valence-corrected chi connectivity index (χ3v) is 6.29. The molecular formula is C25H28N4O. The summed E-state index contributed by atoms with van der Waals surface area (Å²) in [6.45, 7) is 4.53. The molecule has 2 heterocycles. The average molecular weight is 401 g/mol. The number of benzene rings is 2. The summed E-state index contributed by atoms with van der Waals surface area (Å²) in [5.41, 5.74) is 10.9. The van der Waals surface area contributed by atoms with Crippen molar-refractivity contribution in [1.29, 1.82) is 5.41 Å². The summed E-state index contributed by atoms with van der Waals surface area (Å²) < 4.78 is 0. The van der Waals surface area contributed by atoms with Crippen molar-refractivity contribution in [2.24, 2.45) is 5.73 Å². The van der Waals surface area contributed by atoms with E-state index in [2.05, 4.69) is 22.1 Å². The van der Waals surface area contributed by atoms with Crippen LogP contribution in [0, 0.1) is 31.1 Å². The van der Waals surface area contributed by atoms with E-state index in [-0.39, 0.29) is 11.7 Å². The van der Waals surface area contributed by atoms with Gasteiger partial charge in [-0.25, -0.2) is 0 Å². The Labute approximate surface area is 178 Å². The molecule has 2 bridgehead atoms. The fourth-order valence-electron chi connectivity index (χ4n) is 4.62. The number of nitrogens with one attached hydrogen (secondary N) is 2. The highest BCUT2D eigenvalue weighted by atomic mass is 16.2. The Morgan fingerprint density at radius 1 is 1.10 bits per heavy atom. The first-order chi connectivity index (χ1) is 14.4. The number of carbonyl (C=O) groups excluding carboxylic acids is 1. The maximum absolute atomic E-state index is 13.1. The monoisotopic (exact) mass is 400 g/mol. The first-order valence-corrected chi connectivity index (χ1v) is 10.5. The third kappa shape index (κ3) is 3.91. The summed E-state index contributed by atoms with van der Waals surface area (Å²) in [7, 11) is 0. The Morgan fingerprint density at radius 3 is 2.33 bits per heavy atom. The topological polar surface area (TPSA) is 82.2 Å². The van der Waals surface area contributed by atoms with Gasteiger partial charge in [0.2, 0.25) is 0 Å².